The number of aromatic amines is 1. The molecule has 0 saturated carbocycles. The van der Waals surface area contributed by atoms with Gasteiger partial charge in [0.15, 0.2) is 6.04 Å². The van der Waals surface area contributed by atoms with Crippen LogP contribution in [0.15, 0.2) is 88.4 Å². The third-order valence-corrected chi connectivity index (χ3v) is 5.94. The molecule has 2 N–H and O–H groups in total. The van der Waals surface area contributed by atoms with Gasteiger partial charge >= 0.3 is 5.97 Å². The van der Waals surface area contributed by atoms with E-state index >= 15 is 0 Å². The zero-order chi connectivity index (χ0) is 22.9. The molecule has 1 atom stereocenters. The lowest BCUT2D eigenvalue weighted by Crippen LogP contribution is -2.24. The smallest absolute Gasteiger partial charge is 0.328 e. The van der Waals surface area contributed by atoms with Crippen LogP contribution in [0.1, 0.15) is 11.1 Å². The first-order valence-corrected chi connectivity index (χ1v) is 11.0. The fourth-order valence-corrected chi connectivity index (χ4v) is 4.15. The molecule has 0 aliphatic carbocycles. The van der Waals surface area contributed by atoms with Crippen LogP contribution < -0.4 is 5.36 Å². The van der Waals surface area contributed by atoms with Crippen molar-refractivity contribution in [2.75, 3.05) is 0 Å². The van der Waals surface area contributed by atoms with Gasteiger partial charge in [-0.25, -0.2) is 4.79 Å². The van der Waals surface area contributed by atoms with Gasteiger partial charge in [0, 0.05) is 45.6 Å². The number of H-pyrrole nitrogens is 1. The number of nitrogens with one attached hydrogen (secondary N) is 1. The van der Waals surface area contributed by atoms with Gasteiger partial charge in [0.1, 0.15) is 11.3 Å². The normalized spacial score (nSPS) is 13.0. The van der Waals surface area contributed by atoms with E-state index in [0.717, 1.165) is 27.6 Å². The fraction of sp³-hybridized carbons (Fsp3) is 0.111. The number of nitrogens with zero attached hydrogens (tertiary/aromatic N) is 1. The first kappa shape index (κ1) is 21.0. The Balaban J connectivity index is 1.66. The van der Waals surface area contributed by atoms with Crippen molar-refractivity contribution in [3.8, 4) is 11.3 Å². The number of carbonyl (C=O) groups is 1. The van der Waals surface area contributed by atoms with Crippen LogP contribution in [0.3, 0.4) is 0 Å². The standard InChI is InChI=1S/C27H21ClN2O3/c1-16-6-8-17(9-7-16)26-14-23(21-13-19(28)10-11-25(21)33-26)30-24(27(31)32)12-18-15-29-22-5-3-2-4-20(18)22/h2-11,13-15,24,29H,12H2,1H3,(H,31,32)/t24-/m1/s1. The van der Waals surface area contributed by atoms with Gasteiger partial charge in [0.25, 0.3) is 0 Å². The molecule has 0 fully saturated rings. The van der Waals surface area contributed by atoms with Crippen LogP contribution in [-0.4, -0.2) is 22.1 Å². The molecular formula is C27H21ClN2O3. The molecule has 2 aromatic heterocycles. The Morgan fingerprint density at radius 2 is 1.85 bits per heavy atom. The monoisotopic (exact) mass is 456 g/mol. The molecule has 0 spiro atoms. The van der Waals surface area contributed by atoms with Gasteiger partial charge in [-0.1, -0.05) is 59.6 Å². The number of fused-ring (bicyclic) bond motifs is 2. The van der Waals surface area contributed by atoms with Crippen LogP contribution in [0, 0.1) is 6.92 Å². The Morgan fingerprint density at radius 3 is 2.64 bits per heavy atom. The van der Waals surface area contributed by atoms with E-state index in [4.69, 9.17) is 16.0 Å². The maximum atomic E-state index is 12.2. The first-order chi connectivity index (χ1) is 16.0. The molecule has 2 heterocycles. The summed E-state index contributed by atoms with van der Waals surface area (Å²) in [5, 5.41) is 12.7. The lowest BCUT2D eigenvalue weighted by Gasteiger charge is -2.09. The van der Waals surface area contributed by atoms with Gasteiger partial charge in [-0.15, -0.1) is 0 Å². The molecule has 5 nitrogen and oxygen atoms in total. The van der Waals surface area contributed by atoms with Gasteiger partial charge in [-0.05, 0) is 36.8 Å². The minimum Gasteiger partial charge on any atom is -0.480 e. The van der Waals surface area contributed by atoms with E-state index in [2.05, 4.69) is 9.98 Å². The van der Waals surface area contributed by atoms with Crippen LogP contribution in [0.25, 0.3) is 33.2 Å². The van der Waals surface area contributed by atoms with Gasteiger partial charge in [0.2, 0.25) is 0 Å². The van der Waals surface area contributed by atoms with Crippen molar-refractivity contribution < 1.29 is 14.3 Å². The maximum Gasteiger partial charge on any atom is 0.328 e. The number of aryl methyl sites for hydroxylation is 1. The second kappa shape index (κ2) is 8.60. The minimum atomic E-state index is -0.992. The van der Waals surface area contributed by atoms with Crippen LogP contribution in [0.5, 0.6) is 0 Å². The van der Waals surface area contributed by atoms with E-state index in [1.165, 1.54) is 0 Å². The summed E-state index contributed by atoms with van der Waals surface area (Å²) in [6.07, 6.45) is 2.11. The molecule has 0 unspecified atom stereocenters. The van der Waals surface area contributed by atoms with Crippen molar-refractivity contribution in [1.29, 1.82) is 0 Å². The zero-order valence-electron chi connectivity index (χ0n) is 17.9. The largest absolute Gasteiger partial charge is 0.480 e. The summed E-state index contributed by atoms with van der Waals surface area (Å²) >= 11 is 6.24. The number of hydrogen-bond acceptors (Lipinski definition) is 3. The van der Waals surface area contributed by atoms with E-state index in [9.17, 15) is 9.90 Å². The second-order valence-electron chi connectivity index (χ2n) is 8.05. The number of aromatic nitrogens is 1. The molecule has 6 heteroatoms. The number of rotatable bonds is 5. The van der Waals surface area contributed by atoms with E-state index < -0.39 is 12.0 Å². The van der Waals surface area contributed by atoms with Gasteiger partial charge in [-0.3, -0.25) is 4.99 Å². The van der Waals surface area contributed by atoms with Crippen molar-refractivity contribution >= 4 is 39.4 Å². The molecule has 33 heavy (non-hydrogen) atoms. The highest BCUT2D eigenvalue weighted by molar-refractivity contribution is 6.31. The predicted molar refractivity (Wildman–Crippen MR) is 130 cm³/mol. The van der Waals surface area contributed by atoms with Gasteiger partial charge in [0.05, 0.1) is 5.36 Å². The van der Waals surface area contributed by atoms with E-state index in [0.29, 0.717) is 27.1 Å². The molecule has 0 bridgehead atoms. The third kappa shape index (κ3) is 4.28. The summed E-state index contributed by atoms with van der Waals surface area (Å²) in [6, 6.07) is 21.9. The third-order valence-electron chi connectivity index (χ3n) is 5.71. The number of aliphatic carboxylic acids is 1. The second-order valence-corrected chi connectivity index (χ2v) is 8.49. The molecule has 0 radical (unpaired) electrons. The molecule has 5 rings (SSSR count). The Bertz CT molecular complexity index is 1550. The Morgan fingerprint density at radius 1 is 1.06 bits per heavy atom. The van der Waals surface area contributed by atoms with Crippen molar-refractivity contribution in [2.24, 2.45) is 4.99 Å². The molecule has 5 aromatic rings. The highest BCUT2D eigenvalue weighted by Crippen LogP contribution is 2.25. The van der Waals surface area contributed by atoms with Crippen molar-refractivity contribution in [2.45, 2.75) is 19.4 Å². The highest BCUT2D eigenvalue weighted by atomic mass is 35.5. The number of benzene rings is 3. The van der Waals surface area contributed by atoms with Crippen molar-refractivity contribution in [3.05, 3.63) is 101 Å². The fourth-order valence-electron chi connectivity index (χ4n) is 3.97. The van der Waals surface area contributed by atoms with Crippen LogP contribution in [0.4, 0.5) is 0 Å². The molecular weight excluding hydrogens is 436 g/mol. The molecule has 0 aliphatic rings. The molecule has 0 amide bonds. The average Bonchev–Trinajstić information content (AvgIpc) is 3.22. The molecule has 164 valence electrons. The van der Waals surface area contributed by atoms with E-state index in [1.807, 2.05) is 61.7 Å². The molecule has 3 aromatic carbocycles. The van der Waals surface area contributed by atoms with Crippen LogP contribution in [-0.2, 0) is 11.2 Å². The number of carboxylic acids is 1. The summed E-state index contributed by atoms with van der Waals surface area (Å²) in [7, 11) is 0. The quantitative estimate of drug-likeness (QED) is 0.333. The van der Waals surface area contributed by atoms with Gasteiger partial charge < -0.3 is 14.5 Å². The van der Waals surface area contributed by atoms with Gasteiger partial charge in [-0.2, -0.15) is 0 Å². The maximum absolute atomic E-state index is 12.2. The highest BCUT2D eigenvalue weighted by Gasteiger charge is 2.19. The summed E-state index contributed by atoms with van der Waals surface area (Å²) in [4.78, 5) is 20.1. The first-order valence-electron chi connectivity index (χ1n) is 10.6. The SMILES string of the molecule is Cc1ccc(-c2cc(=N[C@H](Cc3c[nH]c4ccccc34)C(=O)O)c3cc(Cl)ccc3o2)cc1. The zero-order valence-corrected chi connectivity index (χ0v) is 18.6. The Kier molecular flexibility index (Phi) is 5.48. The Hall–Kier alpha value is -3.83. The number of para-hydroxylation sites is 1. The number of hydrogen-bond donors (Lipinski definition) is 2. The number of carboxylic acid groups (broad SMARTS) is 1. The van der Waals surface area contributed by atoms with E-state index in [-0.39, 0.29) is 6.42 Å². The Labute approximate surface area is 195 Å². The summed E-state index contributed by atoms with van der Waals surface area (Å²) in [5.41, 5.74) is 4.49. The topological polar surface area (TPSA) is 78.6 Å². The lowest BCUT2D eigenvalue weighted by atomic mass is 10.0. The van der Waals surface area contributed by atoms with Crippen molar-refractivity contribution in [3.63, 3.8) is 0 Å². The van der Waals surface area contributed by atoms with E-state index in [1.54, 1.807) is 24.3 Å². The summed E-state index contributed by atoms with van der Waals surface area (Å²) in [5.74, 6) is -0.382. The van der Waals surface area contributed by atoms with Crippen LogP contribution in [0.2, 0.25) is 5.02 Å². The average molecular weight is 457 g/mol. The predicted octanol–water partition coefficient (Wildman–Crippen LogP) is 6.14. The summed E-state index contributed by atoms with van der Waals surface area (Å²) < 4.78 is 6.12. The van der Waals surface area contributed by atoms with Crippen LogP contribution >= 0.6 is 11.6 Å². The minimum absolute atomic E-state index is 0.257. The molecule has 0 saturated heterocycles. The molecule has 0 aliphatic heterocycles. The number of halogens is 1. The van der Waals surface area contributed by atoms with Crippen molar-refractivity contribution in [1.82, 2.24) is 4.98 Å². The lowest BCUT2D eigenvalue weighted by molar-refractivity contribution is -0.138. The summed E-state index contributed by atoms with van der Waals surface area (Å²) in [6.45, 7) is 2.02.